The van der Waals surface area contributed by atoms with E-state index >= 15 is 0 Å². The van der Waals surface area contributed by atoms with Crippen molar-refractivity contribution >= 4 is 35.3 Å². The number of ether oxygens (including phenoxy) is 1. The monoisotopic (exact) mass is 414 g/mol. The van der Waals surface area contributed by atoms with Crippen molar-refractivity contribution in [2.45, 2.75) is 19.4 Å². The maximum Gasteiger partial charge on any atom is 0.326 e. The van der Waals surface area contributed by atoms with Crippen LogP contribution in [0.3, 0.4) is 0 Å². The molecule has 8 heteroatoms. The predicted octanol–water partition coefficient (Wildman–Crippen LogP) is 2.29. The van der Waals surface area contributed by atoms with Gasteiger partial charge in [-0.3, -0.25) is 24.1 Å². The van der Waals surface area contributed by atoms with Crippen LogP contribution in [0.4, 0.5) is 0 Å². The second kappa shape index (κ2) is 8.87. The van der Waals surface area contributed by atoms with E-state index in [9.17, 15) is 19.2 Å². The number of halogens is 1. The van der Waals surface area contributed by atoms with Crippen molar-refractivity contribution in [3.8, 4) is 0 Å². The number of benzene rings is 2. The molecule has 1 aliphatic heterocycles. The minimum absolute atomic E-state index is 0.0328. The Balaban J connectivity index is 1.52. The van der Waals surface area contributed by atoms with Crippen molar-refractivity contribution in [1.29, 1.82) is 0 Å². The zero-order valence-corrected chi connectivity index (χ0v) is 16.4. The molecule has 0 saturated heterocycles. The SMILES string of the molecule is C[C@H](NC(=O)COC(=O)CN1C(=O)Cc2ccccc2C1=O)c1ccccc1Cl. The van der Waals surface area contributed by atoms with Gasteiger partial charge in [0.15, 0.2) is 6.61 Å². The quantitative estimate of drug-likeness (QED) is 0.578. The van der Waals surface area contributed by atoms with Crippen molar-refractivity contribution in [2.24, 2.45) is 0 Å². The number of esters is 1. The molecule has 3 amide bonds. The first kappa shape index (κ1) is 20.5. The summed E-state index contributed by atoms with van der Waals surface area (Å²) in [5.74, 6) is -2.40. The first-order chi connectivity index (χ1) is 13.9. The van der Waals surface area contributed by atoms with E-state index in [1.165, 1.54) is 0 Å². The molecule has 1 aliphatic rings. The van der Waals surface area contributed by atoms with Crippen LogP contribution in [0.25, 0.3) is 0 Å². The van der Waals surface area contributed by atoms with Crippen LogP contribution in [-0.2, 0) is 25.5 Å². The molecular formula is C21H19ClN2O5. The summed E-state index contributed by atoms with van der Waals surface area (Å²) in [6.07, 6.45) is 0.0328. The Hall–Kier alpha value is -3.19. The molecule has 2 aromatic carbocycles. The second-order valence-electron chi connectivity index (χ2n) is 6.59. The summed E-state index contributed by atoms with van der Waals surface area (Å²) in [5, 5.41) is 3.19. The van der Waals surface area contributed by atoms with E-state index < -0.39 is 36.8 Å². The molecule has 1 atom stereocenters. The lowest BCUT2D eigenvalue weighted by molar-refractivity contribution is -0.151. The number of imide groups is 1. The molecule has 1 heterocycles. The first-order valence-electron chi connectivity index (χ1n) is 8.99. The van der Waals surface area contributed by atoms with Crippen LogP contribution in [0.5, 0.6) is 0 Å². The van der Waals surface area contributed by atoms with Crippen LogP contribution >= 0.6 is 11.6 Å². The van der Waals surface area contributed by atoms with Gasteiger partial charge in [-0.25, -0.2) is 0 Å². The molecule has 150 valence electrons. The number of fused-ring (bicyclic) bond motifs is 1. The number of hydrogen-bond donors (Lipinski definition) is 1. The molecule has 0 aromatic heterocycles. The number of carbonyl (C=O) groups excluding carboxylic acids is 4. The van der Waals surface area contributed by atoms with Gasteiger partial charge in [0, 0.05) is 10.6 Å². The highest BCUT2D eigenvalue weighted by atomic mass is 35.5. The van der Waals surface area contributed by atoms with Crippen molar-refractivity contribution in [2.75, 3.05) is 13.2 Å². The minimum Gasteiger partial charge on any atom is -0.454 e. The molecule has 7 nitrogen and oxygen atoms in total. The molecule has 2 aromatic rings. The first-order valence-corrected chi connectivity index (χ1v) is 9.36. The fourth-order valence-corrected chi connectivity index (χ4v) is 3.37. The van der Waals surface area contributed by atoms with Crippen LogP contribution in [0.1, 0.15) is 34.5 Å². The smallest absolute Gasteiger partial charge is 0.326 e. The van der Waals surface area contributed by atoms with Gasteiger partial charge < -0.3 is 10.1 Å². The summed E-state index contributed by atoms with van der Waals surface area (Å²) in [5.41, 5.74) is 1.74. The zero-order chi connectivity index (χ0) is 21.0. The van der Waals surface area contributed by atoms with E-state index in [1.807, 2.05) is 0 Å². The van der Waals surface area contributed by atoms with Crippen molar-refractivity contribution in [3.05, 3.63) is 70.2 Å². The van der Waals surface area contributed by atoms with Gasteiger partial charge in [-0.05, 0) is 30.2 Å². The molecular weight excluding hydrogens is 396 g/mol. The van der Waals surface area contributed by atoms with Gasteiger partial charge in [-0.2, -0.15) is 0 Å². The average Bonchev–Trinajstić information content (AvgIpc) is 2.70. The van der Waals surface area contributed by atoms with Crippen LogP contribution in [0.2, 0.25) is 5.02 Å². The number of amides is 3. The summed E-state index contributed by atoms with van der Waals surface area (Å²) in [7, 11) is 0. The van der Waals surface area contributed by atoms with E-state index in [0.29, 0.717) is 16.1 Å². The molecule has 3 rings (SSSR count). The Kier molecular flexibility index (Phi) is 6.29. The Morgan fingerprint density at radius 3 is 2.59 bits per heavy atom. The third kappa shape index (κ3) is 4.81. The number of hydrogen-bond acceptors (Lipinski definition) is 5. The summed E-state index contributed by atoms with van der Waals surface area (Å²) in [4.78, 5) is 49.6. The van der Waals surface area contributed by atoms with Gasteiger partial charge in [-0.15, -0.1) is 0 Å². The van der Waals surface area contributed by atoms with Gasteiger partial charge in [-0.1, -0.05) is 48.0 Å². The van der Waals surface area contributed by atoms with Gasteiger partial charge in [0.25, 0.3) is 11.8 Å². The van der Waals surface area contributed by atoms with E-state index in [2.05, 4.69) is 5.32 Å². The summed E-state index contributed by atoms with van der Waals surface area (Å²) < 4.78 is 4.93. The number of nitrogens with one attached hydrogen (secondary N) is 1. The van der Waals surface area contributed by atoms with Gasteiger partial charge in [0.2, 0.25) is 5.91 Å². The predicted molar refractivity (Wildman–Crippen MR) is 105 cm³/mol. The maximum absolute atomic E-state index is 12.4. The van der Waals surface area contributed by atoms with Gasteiger partial charge in [0.1, 0.15) is 6.54 Å². The molecule has 0 spiro atoms. The Labute approximate surface area is 172 Å². The third-order valence-corrected chi connectivity index (χ3v) is 4.88. The lowest BCUT2D eigenvalue weighted by Crippen LogP contribution is -2.45. The van der Waals surface area contributed by atoms with Crippen molar-refractivity contribution < 1.29 is 23.9 Å². The number of carbonyl (C=O) groups is 4. The highest BCUT2D eigenvalue weighted by molar-refractivity contribution is 6.31. The minimum atomic E-state index is -0.841. The van der Waals surface area contributed by atoms with Gasteiger partial charge >= 0.3 is 5.97 Å². The lowest BCUT2D eigenvalue weighted by Gasteiger charge is -2.25. The molecule has 0 bridgehead atoms. The summed E-state index contributed by atoms with van der Waals surface area (Å²) in [6, 6.07) is 13.4. The standard InChI is InChI=1S/C21H19ClN2O5/c1-13(15-7-4-5-9-17(15)22)23-18(25)12-29-20(27)11-24-19(26)10-14-6-2-3-8-16(14)21(24)28/h2-9,13H,10-12H2,1H3,(H,23,25)/t13-/m0/s1. The van der Waals surface area contributed by atoms with Crippen molar-refractivity contribution in [3.63, 3.8) is 0 Å². The van der Waals surface area contributed by atoms with E-state index in [-0.39, 0.29) is 12.5 Å². The van der Waals surface area contributed by atoms with Crippen LogP contribution in [0.15, 0.2) is 48.5 Å². The molecule has 0 radical (unpaired) electrons. The maximum atomic E-state index is 12.4. The van der Waals surface area contributed by atoms with E-state index in [0.717, 1.165) is 10.5 Å². The van der Waals surface area contributed by atoms with Crippen LogP contribution < -0.4 is 5.32 Å². The normalized spacial score (nSPS) is 14.2. The van der Waals surface area contributed by atoms with Crippen LogP contribution in [0, 0.1) is 0 Å². The number of nitrogens with zero attached hydrogens (tertiary/aromatic N) is 1. The molecule has 0 aliphatic carbocycles. The van der Waals surface area contributed by atoms with E-state index in [4.69, 9.17) is 16.3 Å². The molecule has 0 saturated carbocycles. The molecule has 29 heavy (non-hydrogen) atoms. The summed E-state index contributed by atoms with van der Waals surface area (Å²) >= 11 is 6.10. The highest BCUT2D eigenvalue weighted by Crippen LogP contribution is 2.22. The Morgan fingerprint density at radius 1 is 1.14 bits per heavy atom. The Morgan fingerprint density at radius 2 is 1.83 bits per heavy atom. The summed E-state index contributed by atoms with van der Waals surface area (Å²) in [6.45, 7) is 0.684. The van der Waals surface area contributed by atoms with E-state index in [1.54, 1.807) is 55.5 Å². The second-order valence-corrected chi connectivity index (χ2v) is 7.00. The average molecular weight is 415 g/mol. The van der Waals surface area contributed by atoms with Gasteiger partial charge in [0.05, 0.1) is 12.5 Å². The van der Waals surface area contributed by atoms with Crippen LogP contribution in [-0.4, -0.2) is 41.7 Å². The zero-order valence-electron chi connectivity index (χ0n) is 15.7. The lowest BCUT2D eigenvalue weighted by atomic mass is 9.98. The topological polar surface area (TPSA) is 92.8 Å². The fourth-order valence-electron chi connectivity index (χ4n) is 3.07. The molecule has 0 fully saturated rings. The molecule has 0 unspecified atom stereocenters. The van der Waals surface area contributed by atoms with Crippen molar-refractivity contribution in [1.82, 2.24) is 10.2 Å². The number of rotatable bonds is 6. The molecule has 1 N–H and O–H groups in total. The Bertz CT molecular complexity index is 975. The third-order valence-electron chi connectivity index (χ3n) is 4.54. The highest BCUT2D eigenvalue weighted by Gasteiger charge is 2.32. The fraction of sp³-hybridized carbons (Fsp3) is 0.238. The largest absolute Gasteiger partial charge is 0.454 e.